The molecule has 1 aromatic rings. The van der Waals surface area contributed by atoms with E-state index in [9.17, 15) is 0 Å². The summed E-state index contributed by atoms with van der Waals surface area (Å²) in [4.78, 5) is 11.1. The van der Waals surface area contributed by atoms with Gasteiger partial charge in [0.1, 0.15) is 18.0 Å². The highest BCUT2D eigenvalue weighted by molar-refractivity contribution is 5.57. The molecule has 21 heavy (non-hydrogen) atoms. The highest BCUT2D eigenvalue weighted by Gasteiger charge is 2.11. The quantitative estimate of drug-likeness (QED) is 0.694. The molecule has 0 fully saturated rings. The molecule has 0 aliphatic carbocycles. The summed E-state index contributed by atoms with van der Waals surface area (Å²) in [7, 11) is 1.90. The molecule has 1 aromatic heterocycles. The van der Waals surface area contributed by atoms with Crippen molar-refractivity contribution >= 4 is 11.6 Å². The summed E-state index contributed by atoms with van der Waals surface area (Å²) in [6, 6.07) is 0.422. The Morgan fingerprint density at radius 2 is 1.81 bits per heavy atom. The van der Waals surface area contributed by atoms with Gasteiger partial charge < -0.3 is 15.5 Å². The summed E-state index contributed by atoms with van der Waals surface area (Å²) >= 11 is 0. The SMILES string of the molecule is CCc1c(NC)ncnc1NC(C)CCCN(CC)CC. The molecule has 0 amide bonds. The van der Waals surface area contributed by atoms with Gasteiger partial charge in [0.05, 0.1) is 0 Å². The molecule has 0 saturated heterocycles. The van der Waals surface area contributed by atoms with Crippen LogP contribution in [-0.4, -0.2) is 47.6 Å². The number of nitrogens with one attached hydrogen (secondary N) is 2. The fourth-order valence-electron chi connectivity index (χ4n) is 2.55. The third-order valence-corrected chi connectivity index (χ3v) is 3.92. The van der Waals surface area contributed by atoms with Gasteiger partial charge in [-0.25, -0.2) is 9.97 Å². The van der Waals surface area contributed by atoms with Gasteiger partial charge in [0.15, 0.2) is 0 Å². The number of hydrogen-bond acceptors (Lipinski definition) is 5. The standard InChI is InChI=1S/C16H31N5/c1-6-14-15(17-5)18-12-19-16(14)20-13(4)10-9-11-21(7-2)8-3/h12-13H,6-11H2,1-5H3,(H2,17,18,19,20). The first-order valence-corrected chi connectivity index (χ1v) is 8.16. The van der Waals surface area contributed by atoms with Crippen LogP contribution >= 0.6 is 0 Å². The number of nitrogens with zero attached hydrogens (tertiary/aromatic N) is 3. The molecule has 5 heteroatoms. The van der Waals surface area contributed by atoms with E-state index in [-0.39, 0.29) is 0 Å². The van der Waals surface area contributed by atoms with Gasteiger partial charge in [-0.05, 0) is 45.8 Å². The fourth-order valence-corrected chi connectivity index (χ4v) is 2.55. The molecule has 2 N–H and O–H groups in total. The topological polar surface area (TPSA) is 53.1 Å². The molecular weight excluding hydrogens is 262 g/mol. The Bertz CT molecular complexity index is 404. The van der Waals surface area contributed by atoms with Crippen LogP contribution in [0.4, 0.5) is 11.6 Å². The third-order valence-electron chi connectivity index (χ3n) is 3.92. The average molecular weight is 293 g/mol. The van der Waals surface area contributed by atoms with E-state index in [0.717, 1.165) is 43.1 Å². The molecule has 1 atom stereocenters. The van der Waals surface area contributed by atoms with E-state index in [1.54, 1.807) is 6.33 Å². The molecule has 1 rings (SSSR count). The van der Waals surface area contributed by atoms with Crippen LogP contribution in [0.5, 0.6) is 0 Å². The predicted molar refractivity (Wildman–Crippen MR) is 91.1 cm³/mol. The molecule has 0 saturated carbocycles. The van der Waals surface area contributed by atoms with Gasteiger partial charge in [-0.3, -0.25) is 0 Å². The van der Waals surface area contributed by atoms with Crippen LogP contribution in [0, 0.1) is 0 Å². The first kappa shape index (κ1) is 17.7. The summed E-state index contributed by atoms with van der Waals surface area (Å²) in [6.07, 6.45) is 4.90. The van der Waals surface area contributed by atoms with Crippen LogP contribution in [0.15, 0.2) is 6.33 Å². The van der Waals surface area contributed by atoms with Crippen molar-refractivity contribution in [2.75, 3.05) is 37.3 Å². The lowest BCUT2D eigenvalue weighted by Gasteiger charge is -2.21. The second-order valence-corrected chi connectivity index (χ2v) is 5.37. The minimum atomic E-state index is 0.422. The van der Waals surface area contributed by atoms with E-state index in [0.29, 0.717) is 6.04 Å². The van der Waals surface area contributed by atoms with Gasteiger partial charge in [-0.2, -0.15) is 0 Å². The van der Waals surface area contributed by atoms with Crippen LogP contribution in [0.25, 0.3) is 0 Å². The summed E-state index contributed by atoms with van der Waals surface area (Å²) in [6.45, 7) is 12.2. The number of aromatic nitrogens is 2. The van der Waals surface area contributed by atoms with Crippen molar-refractivity contribution in [1.82, 2.24) is 14.9 Å². The Morgan fingerprint density at radius 3 is 2.38 bits per heavy atom. The first-order valence-electron chi connectivity index (χ1n) is 8.16. The molecule has 0 aliphatic rings. The van der Waals surface area contributed by atoms with Gasteiger partial charge >= 0.3 is 0 Å². The highest BCUT2D eigenvalue weighted by Crippen LogP contribution is 2.21. The summed E-state index contributed by atoms with van der Waals surface area (Å²) in [5.74, 6) is 1.89. The second kappa shape index (κ2) is 9.55. The molecular formula is C16H31N5. The molecule has 0 radical (unpaired) electrons. The van der Waals surface area contributed by atoms with Crippen molar-refractivity contribution in [3.63, 3.8) is 0 Å². The maximum absolute atomic E-state index is 4.40. The lowest BCUT2D eigenvalue weighted by molar-refractivity contribution is 0.295. The highest BCUT2D eigenvalue weighted by atomic mass is 15.1. The Labute approximate surface area is 129 Å². The van der Waals surface area contributed by atoms with Gasteiger partial charge in [-0.15, -0.1) is 0 Å². The summed E-state index contributed by atoms with van der Waals surface area (Å²) in [5, 5.41) is 6.67. The van der Waals surface area contributed by atoms with Gasteiger partial charge in [0.2, 0.25) is 0 Å². The van der Waals surface area contributed by atoms with Crippen LogP contribution in [0.1, 0.15) is 46.1 Å². The molecule has 0 aromatic carbocycles. The second-order valence-electron chi connectivity index (χ2n) is 5.37. The van der Waals surface area contributed by atoms with Crippen molar-refractivity contribution in [2.45, 2.75) is 53.0 Å². The normalized spacial score (nSPS) is 12.5. The smallest absolute Gasteiger partial charge is 0.134 e. The zero-order chi connectivity index (χ0) is 15.7. The largest absolute Gasteiger partial charge is 0.373 e. The zero-order valence-corrected chi connectivity index (χ0v) is 14.2. The van der Waals surface area contributed by atoms with E-state index in [2.05, 4.69) is 53.2 Å². The van der Waals surface area contributed by atoms with Gasteiger partial charge in [-0.1, -0.05) is 20.8 Å². The first-order chi connectivity index (χ1) is 10.2. The van der Waals surface area contributed by atoms with Crippen molar-refractivity contribution in [3.8, 4) is 0 Å². The molecule has 0 aliphatic heterocycles. The van der Waals surface area contributed by atoms with Crippen molar-refractivity contribution < 1.29 is 0 Å². The molecule has 120 valence electrons. The monoisotopic (exact) mass is 293 g/mol. The van der Waals surface area contributed by atoms with E-state index in [1.807, 2.05) is 7.05 Å². The average Bonchev–Trinajstić information content (AvgIpc) is 2.51. The van der Waals surface area contributed by atoms with Gasteiger partial charge in [0, 0.05) is 18.7 Å². The summed E-state index contributed by atoms with van der Waals surface area (Å²) in [5.41, 5.74) is 1.16. The van der Waals surface area contributed by atoms with E-state index < -0.39 is 0 Å². The molecule has 0 bridgehead atoms. The number of hydrogen-bond donors (Lipinski definition) is 2. The lowest BCUT2D eigenvalue weighted by atomic mass is 10.1. The van der Waals surface area contributed by atoms with Crippen molar-refractivity contribution in [2.24, 2.45) is 0 Å². The van der Waals surface area contributed by atoms with Crippen LogP contribution in [-0.2, 0) is 6.42 Å². The Hall–Kier alpha value is -1.36. The fraction of sp³-hybridized carbons (Fsp3) is 0.750. The Kier molecular flexibility index (Phi) is 8.05. The maximum Gasteiger partial charge on any atom is 0.134 e. The minimum absolute atomic E-state index is 0.422. The van der Waals surface area contributed by atoms with E-state index in [1.165, 1.54) is 13.0 Å². The van der Waals surface area contributed by atoms with Crippen molar-refractivity contribution in [1.29, 1.82) is 0 Å². The van der Waals surface area contributed by atoms with Crippen LogP contribution in [0.3, 0.4) is 0 Å². The molecule has 1 heterocycles. The van der Waals surface area contributed by atoms with Crippen molar-refractivity contribution in [3.05, 3.63) is 11.9 Å². The number of rotatable bonds is 10. The Morgan fingerprint density at radius 1 is 1.14 bits per heavy atom. The number of anilines is 2. The lowest BCUT2D eigenvalue weighted by Crippen LogP contribution is -2.26. The molecule has 5 nitrogen and oxygen atoms in total. The minimum Gasteiger partial charge on any atom is -0.373 e. The maximum atomic E-state index is 4.40. The molecule has 0 spiro atoms. The zero-order valence-electron chi connectivity index (χ0n) is 14.2. The van der Waals surface area contributed by atoms with Crippen LogP contribution in [0.2, 0.25) is 0 Å². The predicted octanol–water partition coefficient (Wildman–Crippen LogP) is 3.00. The van der Waals surface area contributed by atoms with E-state index in [4.69, 9.17) is 0 Å². The molecule has 1 unspecified atom stereocenters. The summed E-state index contributed by atoms with van der Waals surface area (Å²) < 4.78 is 0. The Balaban J connectivity index is 2.53. The van der Waals surface area contributed by atoms with E-state index >= 15 is 0 Å². The van der Waals surface area contributed by atoms with Crippen LogP contribution < -0.4 is 10.6 Å². The van der Waals surface area contributed by atoms with Gasteiger partial charge in [0.25, 0.3) is 0 Å². The third kappa shape index (κ3) is 5.50.